The lowest BCUT2D eigenvalue weighted by Crippen LogP contribution is -2.14. The molecule has 1 atom stereocenters. The number of hydrogen-bond acceptors (Lipinski definition) is 4. The van der Waals surface area contributed by atoms with Gasteiger partial charge in [-0.15, -0.1) is 0 Å². The van der Waals surface area contributed by atoms with Crippen molar-refractivity contribution in [2.24, 2.45) is 7.05 Å². The van der Waals surface area contributed by atoms with Crippen molar-refractivity contribution in [1.29, 1.82) is 0 Å². The van der Waals surface area contributed by atoms with Crippen LogP contribution < -0.4 is 5.32 Å². The molecule has 0 amide bonds. The van der Waals surface area contributed by atoms with Crippen LogP contribution >= 0.6 is 0 Å². The van der Waals surface area contributed by atoms with Gasteiger partial charge in [-0.05, 0) is 42.0 Å². The summed E-state index contributed by atoms with van der Waals surface area (Å²) < 4.78 is 41.7. The van der Waals surface area contributed by atoms with Crippen molar-refractivity contribution in [1.82, 2.24) is 24.3 Å². The first-order valence-electron chi connectivity index (χ1n) is 10.1. The van der Waals surface area contributed by atoms with E-state index in [9.17, 15) is 18.3 Å². The molecule has 0 saturated heterocycles. The molecule has 0 spiro atoms. The molecule has 3 aromatic heterocycles. The van der Waals surface area contributed by atoms with E-state index in [1.807, 2.05) is 18.2 Å². The summed E-state index contributed by atoms with van der Waals surface area (Å²) in [5, 5.41) is 18.7. The number of halogens is 3. The van der Waals surface area contributed by atoms with E-state index in [0.29, 0.717) is 17.2 Å². The second-order valence-electron chi connectivity index (χ2n) is 7.62. The van der Waals surface area contributed by atoms with Crippen molar-refractivity contribution in [3.8, 4) is 16.8 Å². The maximum Gasteiger partial charge on any atom is 0.416 e. The number of nitrogens with zero attached hydrogens (tertiary/aromatic N) is 4. The zero-order chi connectivity index (χ0) is 23.2. The molecule has 5 aromatic rings. The number of imidazole rings is 1. The predicted octanol–water partition coefficient (Wildman–Crippen LogP) is 4.88. The topological polar surface area (TPSA) is 83.7 Å². The number of aliphatic hydroxyl groups excluding tert-OH is 1. The predicted molar refractivity (Wildman–Crippen MR) is 118 cm³/mol. The first-order chi connectivity index (χ1) is 15.8. The number of benzene rings is 2. The van der Waals surface area contributed by atoms with Crippen LogP contribution in [0.1, 0.15) is 17.6 Å². The molecular formula is C23H19F3N6O. The minimum atomic E-state index is -4.38. The van der Waals surface area contributed by atoms with Crippen LogP contribution in [0.25, 0.3) is 27.7 Å². The SMILES string of the molecule is Cn1ccnc1C(O)Nc1c[nH]c2ccc(-c3cnn(-c4ccc(C(F)(F)F)cc4)c3)cc12. The first-order valence-corrected chi connectivity index (χ1v) is 10.1. The Morgan fingerprint density at radius 1 is 1.09 bits per heavy atom. The molecule has 0 fully saturated rings. The summed E-state index contributed by atoms with van der Waals surface area (Å²) in [6, 6.07) is 10.6. The highest BCUT2D eigenvalue weighted by Crippen LogP contribution is 2.32. The lowest BCUT2D eigenvalue weighted by molar-refractivity contribution is -0.137. The minimum absolute atomic E-state index is 0.485. The third-order valence-corrected chi connectivity index (χ3v) is 5.45. The second-order valence-corrected chi connectivity index (χ2v) is 7.62. The number of rotatable bonds is 5. The van der Waals surface area contributed by atoms with E-state index in [0.717, 1.165) is 34.2 Å². The van der Waals surface area contributed by atoms with Crippen LogP contribution in [0.5, 0.6) is 0 Å². The van der Waals surface area contributed by atoms with Gasteiger partial charge >= 0.3 is 6.18 Å². The molecule has 7 nitrogen and oxygen atoms in total. The number of nitrogens with one attached hydrogen (secondary N) is 2. The summed E-state index contributed by atoms with van der Waals surface area (Å²) in [5.41, 5.74) is 3.08. The summed E-state index contributed by atoms with van der Waals surface area (Å²) in [5.74, 6) is 0.485. The molecule has 3 N–H and O–H groups in total. The lowest BCUT2D eigenvalue weighted by Gasteiger charge is -2.13. The molecule has 0 aliphatic heterocycles. The zero-order valence-electron chi connectivity index (χ0n) is 17.4. The average Bonchev–Trinajstić information content (AvgIpc) is 3.53. The smallest absolute Gasteiger partial charge is 0.367 e. The third kappa shape index (κ3) is 3.96. The molecule has 0 aliphatic carbocycles. The molecule has 5 rings (SSSR count). The van der Waals surface area contributed by atoms with Crippen LogP contribution in [-0.4, -0.2) is 29.4 Å². The molecule has 10 heteroatoms. The van der Waals surface area contributed by atoms with Gasteiger partial charge in [-0.3, -0.25) is 0 Å². The normalized spacial score (nSPS) is 12.9. The Kier molecular flexibility index (Phi) is 4.94. The molecule has 33 heavy (non-hydrogen) atoms. The molecule has 0 bridgehead atoms. The van der Waals surface area contributed by atoms with E-state index in [1.165, 1.54) is 16.8 Å². The van der Waals surface area contributed by atoms with Gasteiger partial charge in [-0.1, -0.05) is 6.07 Å². The summed E-state index contributed by atoms with van der Waals surface area (Å²) in [6.45, 7) is 0. The molecule has 0 saturated carbocycles. The monoisotopic (exact) mass is 452 g/mol. The van der Waals surface area contributed by atoms with Gasteiger partial charge in [0.25, 0.3) is 0 Å². The van der Waals surface area contributed by atoms with Crippen LogP contribution in [0.2, 0.25) is 0 Å². The van der Waals surface area contributed by atoms with Crippen molar-refractivity contribution < 1.29 is 18.3 Å². The third-order valence-electron chi connectivity index (χ3n) is 5.45. The largest absolute Gasteiger partial charge is 0.416 e. The van der Waals surface area contributed by atoms with Gasteiger partial charge in [-0.25, -0.2) is 9.67 Å². The van der Waals surface area contributed by atoms with Crippen molar-refractivity contribution in [2.45, 2.75) is 12.4 Å². The van der Waals surface area contributed by atoms with Crippen molar-refractivity contribution in [3.63, 3.8) is 0 Å². The fraction of sp³-hybridized carbons (Fsp3) is 0.130. The Morgan fingerprint density at radius 3 is 2.58 bits per heavy atom. The number of hydrogen-bond donors (Lipinski definition) is 3. The number of alkyl halides is 3. The fourth-order valence-corrected chi connectivity index (χ4v) is 3.69. The average molecular weight is 452 g/mol. The fourth-order valence-electron chi connectivity index (χ4n) is 3.69. The molecule has 0 aliphatic rings. The van der Waals surface area contributed by atoms with E-state index in [1.54, 1.807) is 42.6 Å². The number of H-pyrrole nitrogens is 1. The van der Waals surface area contributed by atoms with Gasteiger partial charge in [0.05, 0.1) is 23.1 Å². The lowest BCUT2D eigenvalue weighted by atomic mass is 10.1. The Labute approximate surface area is 186 Å². The van der Waals surface area contributed by atoms with Crippen molar-refractivity contribution >= 4 is 16.6 Å². The van der Waals surface area contributed by atoms with Crippen LogP contribution in [0.15, 0.2) is 73.4 Å². The maximum atomic E-state index is 12.8. The van der Waals surface area contributed by atoms with Crippen molar-refractivity contribution in [3.05, 3.63) is 84.8 Å². The van der Waals surface area contributed by atoms with Gasteiger partial charge in [0.2, 0.25) is 0 Å². The highest BCUT2D eigenvalue weighted by molar-refractivity contribution is 5.95. The van der Waals surface area contributed by atoms with Crippen LogP contribution in [0.3, 0.4) is 0 Å². The quantitative estimate of drug-likeness (QED) is 0.332. The van der Waals surface area contributed by atoms with Crippen LogP contribution in [0, 0.1) is 0 Å². The highest BCUT2D eigenvalue weighted by atomic mass is 19.4. The summed E-state index contributed by atoms with van der Waals surface area (Å²) in [6.07, 6.45) is 3.17. The van der Waals surface area contributed by atoms with Crippen molar-refractivity contribution in [2.75, 3.05) is 5.32 Å². The Bertz CT molecular complexity index is 1410. The molecule has 3 heterocycles. The number of aliphatic hydroxyl groups is 1. The van der Waals surface area contributed by atoms with E-state index < -0.39 is 18.0 Å². The second kappa shape index (κ2) is 7.82. The highest BCUT2D eigenvalue weighted by Gasteiger charge is 2.30. The maximum absolute atomic E-state index is 12.8. The van der Waals surface area contributed by atoms with Crippen LogP contribution in [0.4, 0.5) is 18.9 Å². The van der Waals surface area contributed by atoms with E-state index >= 15 is 0 Å². The van der Waals surface area contributed by atoms with Crippen LogP contribution in [-0.2, 0) is 13.2 Å². The summed E-state index contributed by atoms with van der Waals surface area (Å²) >= 11 is 0. The van der Waals surface area contributed by atoms with Gasteiger partial charge < -0.3 is 20.0 Å². The summed E-state index contributed by atoms with van der Waals surface area (Å²) in [4.78, 5) is 7.33. The molecule has 1 unspecified atom stereocenters. The minimum Gasteiger partial charge on any atom is -0.367 e. The Morgan fingerprint density at radius 2 is 1.88 bits per heavy atom. The first kappa shape index (κ1) is 20.8. The number of aryl methyl sites for hydroxylation is 1. The molecule has 0 radical (unpaired) electrons. The molecule has 168 valence electrons. The summed E-state index contributed by atoms with van der Waals surface area (Å²) in [7, 11) is 1.80. The zero-order valence-corrected chi connectivity index (χ0v) is 17.4. The number of aromatic amines is 1. The molecular weight excluding hydrogens is 433 g/mol. The van der Waals surface area contributed by atoms with E-state index in [2.05, 4.69) is 20.4 Å². The van der Waals surface area contributed by atoms with Gasteiger partial charge in [0.1, 0.15) is 0 Å². The molecule has 2 aromatic carbocycles. The van der Waals surface area contributed by atoms with Gasteiger partial charge in [-0.2, -0.15) is 18.3 Å². The van der Waals surface area contributed by atoms with E-state index in [4.69, 9.17) is 0 Å². The van der Waals surface area contributed by atoms with Gasteiger partial charge in [0, 0.05) is 48.3 Å². The number of anilines is 1. The van der Waals surface area contributed by atoms with E-state index in [-0.39, 0.29) is 0 Å². The number of aromatic nitrogens is 5. The van der Waals surface area contributed by atoms with Gasteiger partial charge in [0.15, 0.2) is 12.1 Å². The standard InChI is InChI=1S/C23H19F3N6O/c1-31-9-8-27-21(31)22(33)30-20-12-28-19-7-2-14(10-18(19)20)15-11-29-32(13-15)17-5-3-16(4-6-17)23(24,25)26/h2-13,22,28,30,33H,1H3. The Balaban J connectivity index is 1.42. The Hall–Kier alpha value is -4.05. The number of fused-ring (bicyclic) bond motifs is 1.